The maximum atomic E-state index is 12.5. The highest BCUT2D eigenvalue weighted by atomic mass is 19.4. The van der Waals surface area contributed by atoms with Gasteiger partial charge in [0.2, 0.25) is 0 Å². The predicted molar refractivity (Wildman–Crippen MR) is 64.9 cm³/mol. The third-order valence-corrected chi connectivity index (χ3v) is 3.68. The lowest BCUT2D eigenvalue weighted by molar-refractivity contribution is -0.137. The first-order valence-electron chi connectivity index (χ1n) is 6.41. The molecule has 2 nitrogen and oxygen atoms in total. The van der Waals surface area contributed by atoms with Crippen LogP contribution in [0.5, 0.6) is 5.75 Å². The molecular weight excluding hydrogens is 257 g/mol. The third kappa shape index (κ3) is 3.62. The van der Waals surface area contributed by atoms with Crippen LogP contribution in [0, 0.1) is 11.8 Å². The summed E-state index contributed by atoms with van der Waals surface area (Å²) in [4.78, 5) is 0. The molecule has 1 aromatic carbocycles. The molecule has 0 amide bonds. The van der Waals surface area contributed by atoms with Crippen molar-refractivity contribution >= 4 is 0 Å². The van der Waals surface area contributed by atoms with E-state index >= 15 is 0 Å². The minimum Gasteiger partial charge on any atom is -0.493 e. The van der Waals surface area contributed by atoms with Gasteiger partial charge in [0.1, 0.15) is 5.75 Å². The largest absolute Gasteiger partial charge is 0.493 e. The van der Waals surface area contributed by atoms with Crippen molar-refractivity contribution in [2.45, 2.75) is 25.4 Å². The first-order chi connectivity index (χ1) is 9.00. The number of ether oxygens (including phenoxy) is 1. The summed E-state index contributed by atoms with van der Waals surface area (Å²) in [6.45, 7) is 0.284. The average molecular weight is 274 g/mol. The topological polar surface area (TPSA) is 29.5 Å². The van der Waals surface area contributed by atoms with Gasteiger partial charge in [-0.1, -0.05) is 12.5 Å². The summed E-state index contributed by atoms with van der Waals surface area (Å²) in [5.41, 5.74) is -0.714. The van der Waals surface area contributed by atoms with E-state index in [1.54, 1.807) is 0 Å². The number of hydrogen-bond acceptors (Lipinski definition) is 2. The van der Waals surface area contributed by atoms with Gasteiger partial charge in [-0.05, 0) is 37.0 Å². The number of aliphatic hydroxyl groups excluding tert-OH is 1. The van der Waals surface area contributed by atoms with Gasteiger partial charge in [-0.25, -0.2) is 0 Å². The second-order valence-electron chi connectivity index (χ2n) is 4.97. The molecule has 1 aliphatic rings. The molecular formula is C14H17F3O2. The number of halogens is 3. The van der Waals surface area contributed by atoms with Gasteiger partial charge in [-0.2, -0.15) is 13.2 Å². The van der Waals surface area contributed by atoms with Crippen molar-refractivity contribution in [2.75, 3.05) is 13.2 Å². The van der Waals surface area contributed by atoms with Crippen molar-refractivity contribution in [3.63, 3.8) is 0 Å². The summed E-state index contributed by atoms with van der Waals surface area (Å²) in [6.07, 6.45) is -1.07. The molecule has 0 heterocycles. The highest BCUT2D eigenvalue weighted by molar-refractivity contribution is 5.30. The van der Waals surface area contributed by atoms with E-state index in [9.17, 15) is 18.3 Å². The number of benzene rings is 1. The van der Waals surface area contributed by atoms with E-state index in [1.807, 2.05) is 0 Å². The highest BCUT2D eigenvalue weighted by Gasteiger charge is 2.31. The lowest BCUT2D eigenvalue weighted by Crippen LogP contribution is -2.29. The van der Waals surface area contributed by atoms with Crippen molar-refractivity contribution < 1.29 is 23.0 Å². The van der Waals surface area contributed by atoms with Crippen molar-refractivity contribution in [1.82, 2.24) is 0 Å². The third-order valence-electron chi connectivity index (χ3n) is 3.68. The first-order valence-corrected chi connectivity index (χ1v) is 6.41. The Labute approximate surface area is 110 Å². The van der Waals surface area contributed by atoms with Gasteiger partial charge in [0.15, 0.2) is 0 Å². The molecule has 2 rings (SSSR count). The Morgan fingerprint density at radius 3 is 2.58 bits per heavy atom. The van der Waals surface area contributed by atoms with Crippen LogP contribution in [0.3, 0.4) is 0 Å². The number of aliphatic hydroxyl groups is 1. The Morgan fingerprint density at radius 2 is 2.05 bits per heavy atom. The fourth-order valence-electron chi connectivity index (χ4n) is 2.21. The van der Waals surface area contributed by atoms with Crippen molar-refractivity contribution in [3.05, 3.63) is 29.8 Å². The van der Waals surface area contributed by atoms with E-state index in [-0.39, 0.29) is 24.9 Å². The van der Waals surface area contributed by atoms with Crippen molar-refractivity contribution in [2.24, 2.45) is 11.8 Å². The van der Waals surface area contributed by atoms with E-state index in [2.05, 4.69) is 0 Å². The molecule has 5 heteroatoms. The fourth-order valence-corrected chi connectivity index (χ4v) is 2.21. The van der Waals surface area contributed by atoms with E-state index < -0.39 is 11.7 Å². The van der Waals surface area contributed by atoms with Crippen LogP contribution in [0.15, 0.2) is 24.3 Å². The minimum absolute atomic E-state index is 0.0169. The second kappa shape index (κ2) is 5.82. The van der Waals surface area contributed by atoms with Crippen LogP contribution in [0.4, 0.5) is 13.2 Å². The number of hydrogen-bond donors (Lipinski definition) is 1. The van der Waals surface area contributed by atoms with Crippen LogP contribution in [0.25, 0.3) is 0 Å². The van der Waals surface area contributed by atoms with Gasteiger partial charge in [-0.15, -0.1) is 0 Å². The molecule has 1 unspecified atom stereocenters. The van der Waals surface area contributed by atoms with E-state index in [4.69, 9.17) is 4.74 Å². The molecule has 0 aliphatic heterocycles. The summed E-state index contributed by atoms with van der Waals surface area (Å²) >= 11 is 0. The second-order valence-corrected chi connectivity index (χ2v) is 4.97. The van der Waals surface area contributed by atoms with Crippen LogP contribution in [0.1, 0.15) is 24.8 Å². The highest BCUT2D eigenvalue weighted by Crippen LogP contribution is 2.34. The molecule has 1 aliphatic carbocycles. The molecule has 0 aromatic heterocycles. The number of alkyl halides is 3. The molecule has 1 atom stereocenters. The van der Waals surface area contributed by atoms with Crippen LogP contribution >= 0.6 is 0 Å². The molecule has 0 spiro atoms. The molecule has 1 saturated carbocycles. The van der Waals surface area contributed by atoms with Crippen LogP contribution < -0.4 is 4.74 Å². The molecule has 0 saturated heterocycles. The standard InChI is InChI=1S/C14H17F3O2/c15-14(16,17)12-5-2-6-13(7-12)19-9-11(8-18)10-3-1-4-10/h2,5-7,10-11,18H,1,3-4,8-9H2. The van der Waals surface area contributed by atoms with Gasteiger partial charge >= 0.3 is 6.18 Å². The Kier molecular flexibility index (Phi) is 4.34. The van der Waals surface area contributed by atoms with Gasteiger partial charge in [0, 0.05) is 12.5 Å². The van der Waals surface area contributed by atoms with Crippen molar-refractivity contribution in [1.29, 1.82) is 0 Å². The van der Waals surface area contributed by atoms with Gasteiger partial charge in [0.25, 0.3) is 0 Å². The molecule has 0 radical (unpaired) electrons. The number of rotatable bonds is 5. The maximum absolute atomic E-state index is 12.5. The smallest absolute Gasteiger partial charge is 0.416 e. The molecule has 1 aromatic rings. The SMILES string of the molecule is OCC(COc1cccc(C(F)(F)F)c1)C1CCC1. The monoisotopic (exact) mass is 274 g/mol. The Hall–Kier alpha value is -1.23. The molecule has 1 N–H and O–H groups in total. The minimum atomic E-state index is -4.36. The van der Waals surface area contributed by atoms with Crippen LogP contribution in [-0.4, -0.2) is 18.3 Å². The summed E-state index contributed by atoms with van der Waals surface area (Å²) in [6, 6.07) is 4.84. The van der Waals surface area contributed by atoms with E-state index in [1.165, 1.54) is 12.1 Å². The van der Waals surface area contributed by atoms with Crippen molar-refractivity contribution in [3.8, 4) is 5.75 Å². The zero-order valence-electron chi connectivity index (χ0n) is 10.5. The Balaban J connectivity index is 1.95. The lowest BCUT2D eigenvalue weighted by atomic mass is 9.76. The molecule has 19 heavy (non-hydrogen) atoms. The summed E-state index contributed by atoms with van der Waals surface area (Å²) in [7, 11) is 0. The summed E-state index contributed by atoms with van der Waals surface area (Å²) < 4.78 is 43.0. The quantitative estimate of drug-likeness (QED) is 0.890. The first kappa shape index (κ1) is 14.2. The summed E-state index contributed by atoms with van der Waals surface area (Å²) in [5, 5.41) is 9.26. The Bertz CT molecular complexity index is 413. The average Bonchev–Trinajstić information content (AvgIpc) is 2.31. The van der Waals surface area contributed by atoms with E-state index in [0.29, 0.717) is 5.92 Å². The molecule has 1 fully saturated rings. The Morgan fingerprint density at radius 1 is 1.32 bits per heavy atom. The predicted octanol–water partition coefficient (Wildman–Crippen LogP) is 3.49. The molecule has 106 valence electrons. The van der Waals surface area contributed by atoms with Crippen LogP contribution in [0.2, 0.25) is 0 Å². The lowest BCUT2D eigenvalue weighted by Gasteiger charge is -2.32. The van der Waals surface area contributed by atoms with Crippen LogP contribution in [-0.2, 0) is 6.18 Å². The molecule has 0 bridgehead atoms. The zero-order valence-corrected chi connectivity index (χ0v) is 10.5. The van der Waals surface area contributed by atoms with Gasteiger partial charge in [0.05, 0.1) is 12.2 Å². The zero-order chi connectivity index (χ0) is 13.9. The maximum Gasteiger partial charge on any atom is 0.416 e. The fraction of sp³-hybridized carbons (Fsp3) is 0.571. The van der Waals surface area contributed by atoms with Gasteiger partial charge in [-0.3, -0.25) is 0 Å². The summed E-state index contributed by atoms with van der Waals surface area (Å²) in [5.74, 6) is 0.659. The van der Waals surface area contributed by atoms with Gasteiger partial charge < -0.3 is 9.84 Å². The normalized spacial score (nSPS) is 17.9. The van der Waals surface area contributed by atoms with E-state index in [0.717, 1.165) is 31.4 Å².